The van der Waals surface area contributed by atoms with Crippen molar-refractivity contribution in [1.29, 1.82) is 0 Å². The predicted molar refractivity (Wildman–Crippen MR) is 67.5 cm³/mol. The first kappa shape index (κ1) is 10.7. The molecule has 3 unspecified atom stereocenters. The van der Waals surface area contributed by atoms with Crippen LogP contribution in [0, 0.1) is 12.8 Å². The second-order valence-electron chi connectivity index (χ2n) is 5.38. The van der Waals surface area contributed by atoms with Gasteiger partial charge in [0.1, 0.15) is 6.10 Å². The van der Waals surface area contributed by atoms with Crippen LogP contribution in [0.3, 0.4) is 0 Å². The van der Waals surface area contributed by atoms with Crippen molar-refractivity contribution in [3.8, 4) is 11.5 Å². The van der Waals surface area contributed by atoms with Gasteiger partial charge >= 0.3 is 0 Å². The molecule has 0 amide bonds. The topological polar surface area (TPSA) is 29.5 Å². The summed E-state index contributed by atoms with van der Waals surface area (Å²) in [6.07, 6.45) is 2.27. The normalized spacial score (nSPS) is 30.7. The van der Waals surface area contributed by atoms with Gasteiger partial charge in [0.15, 0.2) is 11.5 Å². The maximum absolute atomic E-state index is 9.92. The van der Waals surface area contributed by atoms with Gasteiger partial charge in [0.2, 0.25) is 0 Å². The Morgan fingerprint density at radius 1 is 1.41 bits per heavy atom. The van der Waals surface area contributed by atoms with Crippen LogP contribution in [0.2, 0.25) is 0 Å². The smallest absolute Gasteiger partial charge is 0.165 e. The van der Waals surface area contributed by atoms with Crippen LogP contribution in [0.4, 0.5) is 0 Å². The van der Waals surface area contributed by atoms with E-state index in [4.69, 9.17) is 4.74 Å². The third-order valence-electron chi connectivity index (χ3n) is 4.23. The van der Waals surface area contributed by atoms with Crippen molar-refractivity contribution in [2.45, 2.75) is 38.7 Å². The van der Waals surface area contributed by atoms with E-state index < -0.39 is 0 Å². The van der Waals surface area contributed by atoms with Crippen molar-refractivity contribution in [3.05, 3.63) is 35.4 Å². The van der Waals surface area contributed by atoms with E-state index in [1.54, 1.807) is 6.07 Å². The van der Waals surface area contributed by atoms with Crippen molar-refractivity contribution in [3.63, 3.8) is 0 Å². The van der Waals surface area contributed by atoms with E-state index in [1.165, 1.54) is 16.7 Å². The predicted octanol–water partition coefficient (Wildman–Crippen LogP) is 3.53. The molecule has 3 rings (SSSR count). The molecule has 1 aliphatic heterocycles. The number of phenolic OH excluding ortho intramolecular Hbond substituents is 1. The van der Waals surface area contributed by atoms with Gasteiger partial charge in [0.25, 0.3) is 0 Å². The maximum atomic E-state index is 9.92. The van der Waals surface area contributed by atoms with E-state index in [2.05, 4.69) is 20.4 Å². The van der Waals surface area contributed by atoms with Gasteiger partial charge in [0, 0.05) is 11.5 Å². The molecule has 2 heteroatoms. The minimum Gasteiger partial charge on any atom is -0.504 e. The molecule has 1 N–H and O–H groups in total. The summed E-state index contributed by atoms with van der Waals surface area (Å²) in [6, 6.07) is 3.70. The number of ether oxygens (including phenoxy) is 1. The summed E-state index contributed by atoms with van der Waals surface area (Å²) in [5.74, 6) is 1.92. The fraction of sp³-hybridized carbons (Fsp3) is 0.467. The lowest BCUT2D eigenvalue weighted by Gasteiger charge is -2.32. The molecule has 2 aliphatic rings. The highest BCUT2D eigenvalue weighted by molar-refractivity contribution is 5.56. The van der Waals surface area contributed by atoms with Crippen LogP contribution in [0.15, 0.2) is 24.3 Å². The zero-order valence-electron chi connectivity index (χ0n) is 10.4. The minimum atomic E-state index is 0.0701. The molecule has 3 atom stereocenters. The summed E-state index contributed by atoms with van der Waals surface area (Å²) >= 11 is 0. The Bertz CT molecular complexity index is 490. The Morgan fingerprint density at radius 2 is 2.18 bits per heavy atom. The Labute approximate surface area is 102 Å². The van der Waals surface area contributed by atoms with Gasteiger partial charge in [-0.3, -0.25) is 0 Å². The van der Waals surface area contributed by atoms with Crippen LogP contribution in [0.5, 0.6) is 11.5 Å². The molecule has 1 heterocycles. The first-order valence-corrected chi connectivity index (χ1v) is 6.26. The Hall–Kier alpha value is -1.44. The second-order valence-corrected chi connectivity index (χ2v) is 5.38. The molecule has 1 aromatic rings. The van der Waals surface area contributed by atoms with Crippen molar-refractivity contribution < 1.29 is 9.84 Å². The van der Waals surface area contributed by atoms with Crippen molar-refractivity contribution in [2.24, 2.45) is 5.92 Å². The first-order valence-electron chi connectivity index (χ1n) is 6.26. The summed E-state index contributed by atoms with van der Waals surface area (Å²) in [4.78, 5) is 0. The Kier molecular flexibility index (Phi) is 2.22. The summed E-state index contributed by atoms with van der Waals surface area (Å²) in [5, 5.41) is 9.92. The molecule has 1 aromatic carbocycles. The molecule has 1 saturated carbocycles. The summed E-state index contributed by atoms with van der Waals surface area (Å²) < 4.78 is 5.96. The first-order chi connectivity index (χ1) is 8.09. The second kappa shape index (κ2) is 3.52. The number of aryl methyl sites for hydroxylation is 1. The highest BCUT2D eigenvalue weighted by atomic mass is 16.5. The van der Waals surface area contributed by atoms with E-state index in [0.717, 1.165) is 12.8 Å². The number of hydrogen-bond donors (Lipinski definition) is 1. The zero-order chi connectivity index (χ0) is 12.2. The minimum absolute atomic E-state index is 0.0701. The van der Waals surface area contributed by atoms with Gasteiger partial charge in [-0.2, -0.15) is 0 Å². The van der Waals surface area contributed by atoms with Crippen molar-refractivity contribution in [1.82, 2.24) is 0 Å². The molecule has 0 aromatic heterocycles. The van der Waals surface area contributed by atoms with Crippen LogP contribution in [0.25, 0.3) is 0 Å². The average molecular weight is 230 g/mol. The highest BCUT2D eigenvalue weighted by Gasteiger charge is 2.44. The van der Waals surface area contributed by atoms with Gasteiger partial charge in [-0.1, -0.05) is 19.6 Å². The van der Waals surface area contributed by atoms with Gasteiger partial charge in [-0.05, 0) is 42.9 Å². The van der Waals surface area contributed by atoms with E-state index in [0.29, 0.717) is 17.6 Å². The SMILES string of the molecule is C=C1CCC(C)C2c3c(C)ccc(O)c3OC12. The molecule has 90 valence electrons. The summed E-state index contributed by atoms with van der Waals surface area (Å²) in [6.45, 7) is 8.49. The highest BCUT2D eigenvalue weighted by Crippen LogP contribution is 2.53. The Morgan fingerprint density at radius 3 is 2.94 bits per heavy atom. The molecule has 0 radical (unpaired) electrons. The molecule has 1 fully saturated rings. The number of hydrogen-bond acceptors (Lipinski definition) is 2. The van der Waals surface area contributed by atoms with Crippen LogP contribution >= 0.6 is 0 Å². The third-order valence-corrected chi connectivity index (χ3v) is 4.23. The van der Waals surface area contributed by atoms with E-state index in [9.17, 15) is 5.11 Å². The number of fused-ring (bicyclic) bond motifs is 3. The van der Waals surface area contributed by atoms with Crippen LogP contribution < -0.4 is 4.74 Å². The maximum Gasteiger partial charge on any atom is 0.165 e. The molecule has 2 nitrogen and oxygen atoms in total. The molecule has 1 aliphatic carbocycles. The average Bonchev–Trinajstić information content (AvgIpc) is 2.71. The summed E-state index contributed by atoms with van der Waals surface area (Å²) in [7, 11) is 0. The van der Waals surface area contributed by atoms with Crippen molar-refractivity contribution in [2.75, 3.05) is 0 Å². The van der Waals surface area contributed by atoms with E-state index in [-0.39, 0.29) is 11.9 Å². The van der Waals surface area contributed by atoms with Crippen molar-refractivity contribution >= 4 is 0 Å². The molecular formula is C15H18O2. The summed E-state index contributed by atoms with van der Waals surface area (Å²) in [5.41, 5.74) is 3.58. The Balaban J connectivity index is 2.16. The fourth-order valence-corrected chi connectivity index (χ4v) is 3.23. The van der Waals surface area contributed by atoms with Gasteiger partial charge in [0.05, 0.1) is 0 Å². The number of rotatable bonds is 0. The molecule has 0 spiro atoms. The lowest BCUT2D eigenvalue weighted by Crippen LogP contribution is -2.30. The van der Waals surface area contributed by atoms with Crippen LogP contribution in [0.1, 0.15) is 36.8 Å². The zero-order valence-corrected chi connectivity index (χ0v) is 10.4. The quantitative estimate of drug-likeness (QED) is 0.691. The number of benzene rings is 1. The molecular weight excluding hydrogens is 212 g/mol. The van der Waals surface area contributed by atoms with Crippen LogP contribution in [-0.2, 0) is 0 Å². The monoisotopic (exact) mass is 230 g/mol. The van der Waals surface area contributed by atoms with Crippen LogP contribution in [-0.4, -0.2) is 11.2 Å². The fourth-order valence-electron chi connectivity index (χ4n) is 3.23. The molecule has 0 saturated heterocycles. The lowest BCUT2D eigenvalue weighted by molar-refractivity contribution is 0.180. The van der Waals surface area contributed by atoms with E-state index in [1.807, 2.05) is 6.07 Å². The third kappa shape index (κ3) is 1.40. The lowest BCUT2D eigenvalue weighted by atomic mass is 9.73. The standard InChI is InChI=1S/C15H18O2/c1-8-4-5-10(3)14-12(8)13-9(2)6-7-11(16)15(13)17-14/h6-8,12,14,16H,3-5H2,1-2H3. The number of aromatic hydroxyl groups is 1. The van der Waals surface area contributed by atoms with Gasteiger partial charge < -0.3 is 9.84 Å². The largest absolute Gasteiger partial charge is 0.504 e. The number of phenols is 1. The molecule has 17 heavy (non-hydrogen) atoms. The molecule has 0 bridgehead atoms. The van der Waals surface area contributed by atoms with Gasteiger partial charge in [-0.25, -0.2) is 0 Å². The van der Waals surface area contributed by atoms with E-state index >= 15 is 0 Å². The van der Waals surface area contributed by atoms with Gasteiger partial charge in [-0.15, -0.1) is 0 Å².